The second-order valence-electron chi connectivity index (χ2n) is 6.06. The van der Waals surface area contributed by atoms with Gasteiger partial charge in [-0.25, -0.2) is 4.98 Å². The number of para-hydroxylation sites is 1. The first-order valence-electron chi connectivity index (χ1n) is 8.24. The predicted octanol–water partition coefficient (Wildman–Crippen LogP) is 4.11. The first kappa shape index (κ1) is 16.7. The van der Waals surface area contributed by atoms with Gasteiger partial charge in [0.05, 0.1) is 24.8 Å². The maximum Gasteiger partial charge on any atom is 0.259 e. The van der Waals surface area contributed by atoms with E-state index in [0.717, 1.165) is 17.4 Å². The summed E-state index contributed by atoms with van der Waals surface area (Å²) in [6.45, 7) is 0.587. The van der Waals surface area contributed by atoms with Crippen molar-refractivity contribution >= 4 is 34.2 Å². The highest BCUT2D eigenvalue weighted by molar-refractivity contribution is 6.35. The van der Waals surface area contributed by atoms with Crippen LogP contribution in [0.1, 0.15) is 15.9 Å². The van der Waals surface area contributed by atoms with Crippen LogP contribution in [0.3, 0.4) is 0 Å². The molecule has 1 aromatic heterocycles. The molecule has 0 saturated carbocycles. The number of methoxy groups -OCH3 is 2. The van der Waals surface area contributed by atoms with E-state index in [-0.39, 0.29) is 5.91 Å². The Balaban J connectivity index is 1.75. The lowest BCUT2D eigenvalue weighted by Gasteiger charge is -2.18. The number of hydrogen-bond acceptors (Lipinski definition) is 4. The maximum absolute atomic E-state index is 13.1. The van der Waals surface area contributed by atoms with Crippen LogP contribution in [-0.4, -0.2) is 31.7 Å². The summed E-state index contributed by atoms with van der Waals surface area (Å²) in [6, 6.07) is 12.9. The first-order chi connectivity index (χ1) is 12.6. The van der Waals surface area contributed by atoms with E-state index in [9.17, 15) is 4.79 Å². The molecule has 0 saturated heterocycles. The van der Waals surface area contributed by atoms with Gasteiger partial charge < -0.3 is 9.47 Å². The minimum atomic E-state index is -0.122. The zero-order valence-corrected chi connectivity index (χ0v) is 15.2. The van der Waals surface area contributed by atoms with Crippen molar-refractivity contribution in [2.24, 2.45) is 0 Å². The van der Waals surface area contributed by atoms with Crippen molar-refractivity contribution in [3.05, 3.63) is 58.6 Å². The second kappa shape index (κ2) is 6.50. The summed E-state index contributed by atoms with van der Waals surface area (Å²) >= 11 is 6.28. The maximum atomic E-state index is 13.1. The zero-order valence-electron chi connectivity index (χ0n) is 14.5. The van der Waals surface area contributed by atoms with Crippen molar-refractivity contribution in [1.29, 1.82) is 0 Å². The zero-order chi connectivity index (χ0) is 18.3. The molecule has 1 aliphatic rings. The number of anilines is 1. The third kappa shape index (κ3) is 2.65. The molecule has 0 spiro atoms. The highest BCUT2D eigenvalue weighted by Crippen LogP contribution is 2.34. The lowest BCUT2D eigenvalue weighted by Crippen LogP contribution is -2.29. The van der Waals surface area contributed by atoms with Gasteiger partial charge >= 0.3 is 0 Å². The predicted molar refractivity (Wildman–Crippen MR) is 102 cm³/mol. The number of carbonyl (C=O) groups excluding carboxylic acids is 1. The number of halogens is 1. The van der Waals surface area contributed by atoms with E-state index in [2.05, 4.69) is 11.1 Å². The van der Waals surface area contributed by atoms with E-state index in [1.165, 1.54) is 0 Å². The van der Waals surface area contributed by atoms with Crippen LogP contribution in [0.4, 0.5) is 5.82 Å². The summed E-state index contributed by atoms with van der Waals surface area (Å²) in [7, 11) is 3.11. The fourth-order valence-corrected chi connectivity index (χ4v) is 3.50. The van der Waals surface area contributed by atoms with Crippen LogP contribution in [0.25, 0.3) is 10.9 Å². The fraction of sp³-hybridized carbons (Fsp3) is 0.200. The molecule has 2 heterocycles. The van der Waals surface area contributed by atoms with E-state index >= 15 is 0 Å². The van der Waals surface area contributed by atoms with E-state index in [1.54, 1.807) is 43.4 Å². The Morgan fingerprint density at radius 2 is 1.92 bits per heavy atom. The van der Waals surface area contributed by atoms with E-state index in [1.807, 2.05) is 12.1 Å². The van der Waals surface area contributed by atoms with Gasteiger partial charge in [-0.05, 0) is 42.3 Å². The van der Waals surface area contributed by atoms with Gasteiger partial charge in [0.2, 0.25) is 0 Å². The van der Waals surface area contributed by atoms with Gasteiger partial charge in [-0.1, -0.05) is 23.7 Å². The molecule has 1 amide bonds. The quantitative estimate of drug-likeness (QED) is 0.698. The van der Waals surface area contributed by atoms with Crippen LogP contribution in [0.15, 0.2) is 42.5 Å². The number of benzene rings is 2. The summed E-state index contributed by atoms with van der Waals surface area (Å²) in [4.78, 5) is 19.4. The largest absolute Gasteiger partial charge is 0.493 e. The monoisotopic (exact) mass is 368 g/mol. The van der Waals surface area contributed by atoms with Crippen molar-refractivity contribution in [1.82, 2.24) is 4.98 Å². The number of aromatic nitrogens is 1. The van der Waals surface area contributed by atoms with Gasteiger partial charge in [0.15, 0.2) is 11.5 Å². The van der Waals surface area contributed by atoms with Crippen LogP contribution in [0.5, 0.6) is 11.5 Å². The number of fused-ring (bicyclic) bond motifs is 2. The number of carbonyl (C=O) groups is 1. The number of rotatable bonds is 3. The minimum absolute atomic E-state index is 0.122. The molecular weight excluding hydrogens is 352 g/mol. The average molecular weight is 369 g/mol. The number of nitrogens with zero attached hydrogens (tertiary/aromatic N) is 2. The summed E-state index contributed by atoms with van der Waals surface area (Å²) in [5.41, 5.74) is 2.28. The van der Waals surface area contributed by atoms with E-state index in [4.69, 9.17) is 21.1 Å². The van der Waals surface area contributed by atoms with Crippen molar-refractivity contribution in [2.45, 2.75) is 6.42 Å². The Labute approximate surface area is 156 Å². The molecule has 132 valence electrons. The van der Waals surface area contributed by atoms with E-state index in [0.29, 0.717) is 40.0 Å². The van der Waals surface area contributed by atoms with E-state index < -0.39 is 0 Å². The Morgan fingerprint density at radius 3 is 2.69 bits per heavy atom. The molecule has 1 aliphatic heterocycles. The van der Waals surface area contributed by atoms with Gasteiger partial charge in [-0.2, -0.15) is 0 Å². The molecule has 0 N–H and O–H groups in total. The van der Waals surface area contributed by atoms with Gasteiger partial charge in [-0.3, -0.25) is 9.69 Å². The van der Waals surface area contributed by atoms with Gasteiger partial charge in [-0.15, -0.1) is 0 Å². The summed E-state index contributed by atoms with van der Waals surface area (Å²) in [5, 5.41) is 1.56. The molecule has 2 aromatic carbocycles. The normalized spacial score (nSPS) is 13.0. The third-order valence-corrected chi connectivity index (χ3v) is 4.89. The first-order valence-corrected chi connectivity index (χ1v) is 8.62. The average Bonchev–Trinajstić information content (AvgIpc) is 3.08. The molecule has 5 nitrogen and oxygen atoms in total. The van der Waals surface area contributed by atoms with Crippen molar-refractivity contribution in [3.8, 4) is 11.5 Å². The van der Waals surface area contributed by atoms with Crippen LogP contribution < -0.4 is 14.4 Å². The number of pyridine rings is 1. The van der Waals surface area contributed by atoms with Crippen LogP contribution in [0, 0.1) is 0 Å². The standard InChI is InChI=1S/C20H17ClN2O3/c1-25-16-7-6-14(11-17(16)26-2)20(24)23-9-8-13-10-12-4-3-5-15(21)18(12)22-19(13)23/h3-7,10-11H,8-9H2,1-2H3. The molecule has 6 heteroatoms. The van der Waals surface area contributed by atoms with Gasteiger partial charge in [0.1, 0.15) is 5.82 Å². The minimum Gasteiger partial charge on any atom is -0.493 e. The van der Waals surface area contributed by atoms with Gasteiger partial charge in [0.25, 0.3) is 5.91 Å². The lowest BCUT2D eigenvalue weighted by atomic mass is 10.1. The van der Waals surface area contributed by atoms with Crippen LogP contribution >= 0.6 is 11.6 Å². The Kier molecular flexibility index (Phi) is 4.17. The molecule has 0 aliphatic carbocycles. The Hall–Kier alpha value is -2.79. The molecule has 0 unspecified atom stereocenters. The number of amides is 1. The molecule has 0 bridgehead atoms. The molecular formula is C20H17ClN2O3. The topological polar surface area (TPSA) is 51.7 Å². The lowest BCUT2D eigenvalue weighted by molar-refractivity contribution is 0.0988. The SMILES string of the molecule is COc1ccc(C(=O)N2CCc3cc4cccc(Cl)c4nc32)cc1OC. The molecule has 3 aromatic rings. The van der Waals surface area contributed by atoms with Gasteiger partial charge in [0, 0.05) is 17.5 Å². The fourth-order valence-electron chi connectivity index (χ4n) is 3.28. The molecule has 0 atom stereocenters. The highest BCUT2D eigenvalue weighted by atomic mass is 35.5. The second-order valence-corrected chi connectivity index (χ2v) is 6.47. The highest BCUT2D eigenvalue weighted by Gasteiger charge is 2.28. The summed E-state index contributed by atoms with van der Waals surface area (Å²) in [6.07, 6.45) is 0.768. The van der Waals surface area contributed by atoms with Crippen LogP contribution in [0.2, 0.25) is 5.02 Å². The molecule has 4 rings (SSSR count). The van der Waals surface area contributed by atoms with Crippen molar-refractivity contribution in [3.63, 3.8) is 0 Å². The molecule has 0 radical (unpaired) electrons. The van der Waals surface area contributed by atoms with Crippen LogP contribution in [-0.2, 0) is 6.42 Å². The van der Waals surface area contributed by atoms with Crippen molar-refractivity contribution in [2.75, 3.05) is 25.7 Å². The summed E-state index contributed by atoms with van der Waals surface area (Å²) in [5.74, 6) is 1.66. The van der Waals surface area contributed by atoms with Crippen molar-refractivity contribution < 1.29 is 14.3 Å². The Morgan fingerprint density at radius 1 is 1.12 bits per heavy atom. The molecule has 26 heavy (non-hydrogen) atoms. The smallest absolute Gasteiger partial charge is 0.259 e. The Bertz CT molecular complexity index is 1020. The third-order valence-electron chi connectivity index (χ3n) is 4.59. The number of hydrogen-bond donors (Lipinski definition) is 0. The molecule has 0 fully saturated rings. The summed E-state index contributed by atoms with van der Waals surface area (Å²) < 4.78 is 10.5. The number of ether oxygens (including phenoxy) is 2.